The standard InChI is InChI=1S/C14H16O/c15-12-7-8-14-11(9-12)6-5-10-3-1-2-4-13(10)14/h1-6,12-15H,7-9H2. The molecule has 1 nitrogen and oxygen atoms in total. The van der Waals surface area contributed by atoms with Crippen LogP contribution in [-0.4, -0.2) is 11.2 Å². The number of aliphatic hydroxyl groups excluding tert-OH is 1. The Hall–Kier alpha value is -1.08. The van der Waals surface area contributed by atoms with Crippen LogP contribution in [0.3, 0.4) is 0 Å². The van der Waals surface area contributed by atoms with Gasteiger partial charge in [-0.25, -0.2) is 0 Å². The second-order valence-corrected chi connectivity index (χ2v) is 4.72. The van der Waals surface area contributed by atoms with Crippen molar-refractivity contribution in [3.05, 3.63) is 47.6 Å². The van der Waals surface area contributed by atoms with Crippen molar-refractivity contribution in [2.24, 2.45) is 11.8 Å². The Kier molecular flexibility index (Phi) is 2.14. The van der Waals surface area contributed by atoms with Gasteiger partial charge in [-0.2, -0.15) is 0 Å². The van der Waals surface area contributed by atoms with E-state index in [-0.39, 0.29) is 6.10 Å². The predicted molar refractivity (Wildman–Crippen MR) is 61.3 cm³/mol. The molecule has 0 aromatic heterocycles. The molecule has 0 heterocycles. The van der Waals surface area contributed by atoms with E-state index in [1.54, 1.807) is 0 Å². The first-order valence-corrected chi connectivity index (χ1v) is 5.78. The molecule has 3 unspecified atom stereocenters. The van der Waals surface area contributed by atoms with Crippen molar-refractivity contribution in [1.29, 1.82) is 0 Å². The highest BCUT2D eigenvalue weighted by Gasteiger charge is 2.32. The lowest BCUT2D eigenvalue weighted by Gasteiger charge is -2.37. The lowest BCUT2D eigenvalue weighted by Crippen LogP contribution is -2.28. The van der Waals surface area contributed by atoms with Gasteiger partial charge in [0.05, 0.1) is 6.10 Å². The van der Waals surface area contributed by atoms with Crippen molar-refractivity contribution in [2.75, 3.05) is 0 Å². The van der Waals surface area contributed by atoms with Crippen LogP contribution < -0.4 is 0 Å². The van der Waals surface area contributed by atoms with E-state index in [9.17, 15) is 5.11 Å². The highest BCUT2D eigenvalue weighted by atomic mass is 16.3. The zero-order valence-electron chi connectivity index (χ0n) is 8.76. The summed E-state index contributed by atoms with van der Waals surface area (Å²) in [7, 11) is 0. The quantitative estimate of drug-likeness (QED) is 0.637. The van der Waals surface area contributed by atoms with E-state index >= 15 is 0 Å². The number of aliphatic hydroxyl groups is 1. The second-order valence-electron chi connectivity index (χ2n) is 4.72. The maximum Gasteiger partial charge on any atom is 0.0577 e. The van der Waals surface area contributed by atoms with Crippen LogP contribution >= 0.6 is 0 Å². The highest BCUT2D eigenvalue weighted by molar-refractivity contribution is 5.42. The van der Waals surface area contributed by atoms with Crippen LogP contribution in [0.15, 0.2) is 47.6 Å². The van der Waals surface area contributed by atoms with Crippen molar-refractivity contribution >= 4 is 0 Å². The normalized spacial score (nSPS) is 37.8. The van der Waals surface area contributed by atoms with E-state index < -0.39 is 0 Å². The molecule has 0 spiro atoms. The molecule has 1 fully saturated rings. The summed E-state index contributed by atoms with van der Waals surface area (Å²) in [5.41, 5.74) is 2.88. The first-order valence-electron chi connectivity index (χ1n) is 5.78. The summed E-state index contributed by atoms with van der Waals surface area (Å²) >= 11 is 0. The zero-order chi connectivity index (χ0) is 10.3. The molecule has 3 aliphatic rings. The number of hydrogen-bond acceptors (Lipinski definition) is 1. The minimum Gasteiger partial charge on any atom is -0.393 e. The largest absolute Gasteiger partial charge is 0.393 e. The maximum absolute atomic E-state index is 9.65. The van der Waals surface area contributed by atoms with Gasteiger partial charge in [-0.15, -0.1) is 0 Å². The molecule has 78 valence electrons. The Balaban J connectivity index is 1.94. The van der Waals surface area contributed by atoms with Crippen molar-refractivity contribution in [1.82, 2.24) is 0 Å². The second kappa shape index (κ2) is 3.49. The van der Waals surface area contributed by atoms with Crippen LogP contribution in [0, 0.1) is 11.8 Å². The Morgan fingerprint density at radius 2 is 2.07 bits per heavy atom. The van der Waals surface area contributed by atoms with Gasteiger partial charge in [0.2, 0.25) is 0 Å². The van der Waals surface area contributed by atoms with Crippen LogP contribution in [0.2, 0.25) is 0 Å². The average molecular weight is 200 g/mol. The van der Waals surface area contributed by atoms with Crippen LogP contribution in [-0.2, 0) is 0 Å². The van der Waals surface area contributed by atoms with Gasteiger partial charge in [-0.1, -0.05) is 42.0 Å². The van der Waals surface area contributed by atoms with E-state index in [1.807, 2.05) is 0 Å². The maximum atomic E-state index is 9.65. The Morgan fingerprint density at radius 3 is 3.00 bits per heavy atom. The molecule has 15 heavy (non-hydrogen) atoms. The van der Waals surface area contributed by atoms with E-state index in [1.165, 1.54) is 11.1 Å². The molecular formula is C14H16O. The fourth-order valence-electron chi connectivity index (χ4n) is 2.99. The fraction of sp³-hybridized carbons (Fsp3) is 0.429. The van der Waals surface area contributed by atoms with Gasteiger partial charge >= 0.3 is 0 Å². The van der Waals surface area contributed by atoms with Gasteiger partial charge in [-0.05, 0) is 30.8 Å². The van der Waals surface area contributed by atoms with Crippen molar-refractivity contribution < 1.29 is 5.11 Å². The van der Waals surface area contributed by atoms with Gasteiger partial charge < -0.3 is 5.11 Å². The molecule has 3 rings (SSSR count). The number of fused-ring (bicyclic) bond motifs is 3. The third-order valence-corrected chi connectivity index (χ3v) is 3.78. The van der Waals surface area contributed by atoms with Crippen LogP contribution in [0.25, 0.3) is 0 Å². The molecule has 0 aromatic rings. The van der Waals surface area contributed by atoms with E-state index in [0.717, 1.165) is 19.3 Å². The molecule has 1 saturated carbocycles. The molecule has 0 bridgehead atoms. The summed E-state index contributed by atoms with van der Waals surface area (Å²) in [4.78, 5) is 0. The van der Waals surface area contributed by atoms with Crippen LogP contribution in [0.5, 0.6) is 0 Å². The number of rotatable bonds is 0. The van der Waals surface area contributed by atoms with Gasteiger partial charge in [0.1, 0.15) is 0 Å². The van der Waals surface area contributed by atoms with Gasteiger partial charge in [0, 0.05) is 5.92 Å². The highest BCUT2D eigenvalue weighted by Crippen LogP contribution is 2.42. The average Bonchev–Trinajstić information content (AvgIpc) is 2.28. The topological polar surface area (TPSA) is 20.2 Å². The van der Waals surface area contributed by atoms with E-state index in [2.05, 4.69) is 36.5 Å². The number of hydrogen-bond donors (Lipinski definition) is 1. The zero-order valence-corrected chi connectivity index (χ0v) is 8.76. The van der Waals surface area contributed by atoms with E-state index in [4.69, 9.17) is 0 Å². The lowest BCUT2D eigenvalue weighted by molar-refractivity contribution is 0.130. The molecule has 3 atom stereocenters. The summed E-state index contributed by atoms with van der Waals surface area (Å²) in [6.45, 7) is 0. The molecule has 3 aliphatic carbocycles. The van der Waals surface area contributed by atoms with Crippen LogP contribution in [0.4, 0.5) is 0 Å². The third-order valence-electron chi connectivity index (χ3n) is 3.78. The molecule has 0 saturated heterocycles. The monoisotopic (exact) mass is 200 g/mol. The summed E-state index contributed by atoms with van der Waals surface area (Å²) in [6.07, 6.45) is 16.1. The summed E-state index contributed by atoms with van der Waals surface area (Å²) in [5.74, 6) is 1.22. The Labute approximate surface area is 90.5 Å². The summed E-state index contributed by atoms with van der Waals surface area (Å²) in [5, 5.41) is 9.65. The Bertz CT molecular complexity index is 384. The summed E-state index contributed by atoms with van der Waals surface area (Å²) < 4.78 is 0. The summed E-state index contributed by atoms with van der Waals surface area (Å²) in [6, 6.07) is 0. The minimum absolute atomic E-state index is 0.106. The lowest BCUT2D eigenvalue weighted by atomic mass is 9.69. The van der Waals surface area contributed by atoms with E-state index in [0.29, 0.717) is 11.8 Å². The smallest absolute Gasteiger partial charge is 0.0577 e. The predicted octanol–water partition coefficient (Wildman–Crippen LogP) is 2.76. The molecule has 1 heteroatoms. The first kappa shape index (κ1) is 9.17. The van der Waals surface area contributed by atoms with Gasteiger partial charge in [-0.3, -0.25) is 0 Å². The van der Waals surface area contributed by atoms with Gasteiger partial charge in [0.15, 0.2) is 0 Å². The Morgan fingerprint density at radius 1 is 1.13 bits per heavy atom. The SMILES string of the molecule is OC1CCC2C(=CC=C3C=CC=CC32)C1. The molecule has 1 N–H and O–H groups in total. The molecule has 0 radical (unpaired) electrons. The first-order chi connectivity index (χ1) is 7.34. The van der Waals surface area contributed by atoms with Crippen molar-refractivity contribution in [3.63, 3.8) is 0 Å². The molecule has 0 aromatic carbocycles. The fourth-order valence-corrected chi connectivity index (χ4v) is 2.99. The number of allylic oxidation sites excluding steroid dienone is 7. The van der Waals surface area contributed by atoms with Crippen molar-refractivity contribution in [3.8, 4) is 0 Å². The third kappa shape index (κ3) is 1.51. The minimum atomic E-state index is -0.106. The van der Waals surface area contributed by atoms with Crippen molar-refractivity contribution in [2.45, 2.75) is 25.4 Å². The van der Waals surface area contributed by atoms with Gasteiger partial charge in [0.25, 0.3) is 0 Å². The van der Waals surface area contributed by atoms with Crippen LogP contribution in [0.1, 0.15) is 19.3 Å². The molecule has 0 aliphatic heterocycles. The molecule has 0 amide bonds. The molecular weight excluding hydrogens is 184 g/mol.